The minimum Gasteiger partial charge on any atom is -0.434 e. The lowest BCUT2D eigenvalue weighted by atomic mass is 10.2. The van der Waals surface area contributed by atoms with E-state index in [-0.39, 0.29) is 11.7 Å². The molecule has 0 radical (unpaired) electrons. The second-order valence-corrected chi connectivity index (χ2v) is 6.03. The first-order valence-corrected chi connectivity index (χ1v) is 8.24. The van der Waals surface area contributed by atoms with Crippen molar-refractivity contribution < 1.29 is 23.1 Å². The quantitative estimate of drug-likeness (QED) is 0.662. The molecule has 5 nitrogen and oxygen atoms in total. The number of carbonyl (C=O) groups excluding carboxylic acids is 2. The van der Waals surface area contributed by atoms with E-state index >= 15 is 0 Å². The molecule has 2 aromatic carbocycles. The fourth-order valence-electron chi connectivity index (χ4n) is 2.08. The minimum absolute atomic E-state index is 0.0343. The van der Waals surface area contributed by atoms with Crippen molar-refractivity contribution in [3.05, 3.63) is 58.6 Å². The van der Waals surface area contributed by atoms with Gasteiger partial charge in [-0.2, -0.15) is 8.78 Å². The molecule has 8 heteroatoms. The molecule has 0 saturated carbocycles. The van der Waals surface area contributed by atoms with Gasteiger partial charge in [-0.1, -0.05) is 34.1 Å². The molecule has 0 aliphatic carbocycles. The Kier molecular flexibility index (Phi) is 6.85. The third-order valence-electron chi connectivity index (χ3n) is 3.10. The van der Waals surface area contributed by atoms with Crippen LogP contribution in [0, 0.1) is 0 Å². The summed E-state index contributed by atoms with van der Waals surface area (Å²) in [6.45, 7) is -1.60. The summed E-state index contributed by atoms with van der Waals surface area (Å²) in [5, 5.41) is 5.24. The number of hydrogen-bond acceptors (Lipinski definition) is 3. The first-order chi connectivity index (χ1) is 12.3. The molecule has 26 heavy (non-hydrogen) atoms. The Morgan fingerprint density at radius 1 is 1.12 bits per heavy atom. The van der Waals surface area contributed by atoms with Gasteiger partial charge in [0.15, 0.2) is 0 Å². The van der Waals surface area contributed by atoms with E-state index < -0.39 is 12.5 Å². The minimum atomic E-state index is -2.96. The fourth-order valence-corrected chi connectivity index (χ4v) is 2.44. The van der Waals surface area contributed by atoms with Crippen LogP contribution in [0.1, 0.15) is 12.5 Å². The number of carbonyl (C=O) groups is 2. The second-order valence-electron chi connectivity index (χ2n) is 5.11. The van der Waals surface area contributed by atoms with E-state index in [2.05, 4.69) is 31.3 Å². The first-order valence-electron chi connectivity index (χ1n) is 7.45. The lowest BCUT2D eigenvalue weighted by Gasteiger charge is -2.11. The van der Waals surface area contributed by atoms with Gasteiger partial charge in [0.1, 0.15) is 5.75 Å². The molecule has 136 valence electrons. The van der Waals surface area contributed by atoms with Crippen molar-refractivity contribution in [2.75, 3.05) is 10.6 Å². The molecule has 0 bridgehead atoms. The van der Waals surface area contributed by atoms with Crippen molar-refractivity contribution in [1.82, 2.24) is 0 Å². The van der Waals surface area contributed by atoms with Crippen LogP contribution >= 0.6 is 15.9 Å². The first kappa shape index (κ1) is 19.6. The van der Waals surface area contributed by atoms with Crippen LogP contribution in [0.25, 0.3) is 6.08 Å². The Labute approximate surface area is 157 Å². The van der Waals surface area contributed by atoms with Crippen molar-refractivity contribution >= 4 is 45.2 Å². The van der Waals surface area contributed by atoms with Crippen molar-refractivity contribution in [3.63, 3.8) is 0 Å². The summed E-state index contributed by atoms with van der Waals surface area (Å²) in [4.78, 5) is 23.4. The van der Waals surface area contributed by atoms with Gasteiger partial charge in [-0.05, 0) is 30.3 Å². The van der Waals surface area contributed by atoms with Gasteiger partial charge in [-0.3, -0.25) is 9.59 Å². The van der Waals surface area contributed by atoms with Crippen molar-refractivity contribution in [3.8, 4) is 5.75 Å². The summed E-state index contributed by atoms with van der Waals surface area (Å²) in [5.74, 6) is -0.814. The standard InChI is InChI=1S/C18H15BrF2N2O3/c1-11(24)22-14-8-7-13(19)10-15(14)23-17(25)9-6-12-4-2-3-5-16(12)26-18(20)21/h2-10,18H,1H3,(H,22,24)(H,23,25)/b9-6+. The SMILES string of the molecule is CC(=O)Nc1ccc(Br)cc1NC(=O)/C=C/c1ccccc1OC(F)F. The molecule has 0 spiro atoms. The highest BCUT2D eigenvalue weighted by Crippen LogP contribution is 2.26. The molecule has 0 fully saturated rings. The van der Waals surface area contributed by atoms with Gasteiger partial charge < -0.3 is 15.4 Å². The average Bonchev–Trinajstić information content (AvgIpc) is 2.56. The topological polar surface area (TPSA) is 67.4 Å². The molecule has 2 aromatic rings. The van der Waals surface area contributed by atoms with Gasteiger partial charge in [-0.15, -0.1) is 0 Å². The van der Waals surface area contributed by atoms with Crippen LogP contribution in [-0.4, -0.2) is 18.4 Å². The average molecular weight is 425 g/mol. The van der Waals surface area contributed by atoms with Crippen LogP contribution in [-0.2, 0) is 9.59 Å². The van der Waals surface area contributed by atoms with E-state index in [4.69, 9.17) is 0 Å². The number of para-hydroxylation sites is 1. The van der Waals surface area contributed by atoms with Gasteiger partial charge in [-0.25, -0.2) is 0 Å². The molecule has 0 atom stereocenters. The fraction of sp³-hybridized carbons (Fsp3) is 0.111. The Hall–Kier alpha value is -2.74. The molecule has 2 amide bonds. The number of hydrogen-bond donors (Lipinski definition) is 2. The highest BCUT2D eigenvalue weighted by atomic mass is 79.9. The Bertz CT molecular complexity index is 841. The largest absolute Gasteiger partial charge is 0.434 e. The molecule has 0 aromatic heterocycles. The molecule has 0 aliphatic heterocycles. The molecule has 2 rings (SSSR count). The van der Waals surface area contributed by atoms with Crippen LogP contribution in [0.2, 0.25) is 0 Å². The van der Waals surface area contributed by atoms with E-state index in [9.17, 15) is 18.4 Å². The number of rotatable bonds is 6. The maximum absolute atomic E-state index is 12.4. The smallest absolute Gasteiger partial charge is 0.387 e. The van der Waals surface area contributed by atoms with Crippen molar-refractivity contribution in [2.24, 2.45) is 0 Å². The predicted octanol–water partition coefficient (Wildman–Crippen LogP) is 4.66. The van der Waals surface area contributed by atoms with Gasteiger partial charge >= 0.3 is 6.61 Å². The lowest BCUT2D eigenvalue weighted by Crippen LogP contribution is -2.13. The maximum atomic E-state index is 12.4. The van der Waals surface area contributed by atoms with Crippen LogP contribution in [0.3, 0.4) is 0 Å². The molecule has 0 aliphatic rings. The zero-order valence-electron chi connectivity index (χ0n) is 13.6. The summed E-state index contributed by atoms with van der Waals surface area (Å²) in [6, 6.07) is 11.1. The molecular weight excluding hydrogens is 410 g/mol. The highest BCUT2D eigenvalue weighted by molar-refractivity contribution is 9.10. The number of nitrogens with one attached hydrogen (secondary N) is 2. The Morgan fingerprint density at radius 3 is 2.54 bits per heavy atom. The number of amides is 2. The third-order valence-corrected chi connectivity index (χ3v) is 3.59. The number of benzene rings is 2. The molecule has 0 heterocycles. The summed E-state index contributed by atoms with van der Waals surface area (Å²) in [7, 11) is 0. The van der Waals surface area contributed by atoms with Crippen LogP contribution in [0.4, 0.5) is 20.2 Å². The van der Waals surface area contributed by atoms with Gasteiger partial charge in [0.2, 0.25) is 11.8 Å². The Morgan fingerprint density at radius 2 is 1.85 bits per heavy atom. The normalized spacial score (nSPS) is 10.8. The second kappa shape index (κ2) is 9.10. The zero-order chi connectivity index (χ0) is 19.1. The summed E-state index contributed by atoms with van der Waals surface area (Å²) in [5.41, 5.74) is 1.16. The van der Waals surface area contributed by atoms with Crippen molar-refractivity contribution in [2.45, 2.75) is 13.5 Å². The third kappa shape index (κ3) is 5.96. The zero-order valence-corrected chi connectivity index (χ0v) is 15.2. The van der Waals surface area contributed by atoms with Crippen LogP contribution < -0.4 is 15.4 Å². The highest BCUT2D eigenvalue weighted by Gasteiger charge is 2.09. The maximum Gasteiger partial charge on any atom is 0.387 e. The monoisotopic (exact) mass is 424 g/mol. The Balaban J connectivity index is 2.16. The number of ether oxygens (including phenoxy) is 1. The molecule has 0 unspecified atom stereocenters. The van der Waals surface area contributed by atoms with E-state index in [1.165, 1.54) is 25.1 Å². The van der Waals surface area contributed by atoms with Gasteiger partial charge in [0.05, 0.1) is 11.4 Å². The lowest BCUT2D eigenvalue weighted by molar-refractivity contribution is -0.114. The molecule has 0 saturated heterocycles. The summed E-state index contributed by atoms with van der Waals surface area (Å²) < 4.78 is 29.9. The summed E-state index contributed by atoms with van der Waals surface area (Å²) in [6.07, 6.45) is 2.55. The van der Waals surface area contributed by atoms with Gasteiger partial charge in [0.25, 0.3) is 0 Å². The number of halogens is 3. The van der Waals surface area contributed by atoms with Crippen molar-refractivity contribution in [1.29, 1.82) is 0 Å². The molecular formula is C18H15BrF2N2O3. The summed E-state index contributed by atoms with van der Waals surface area (Å²) >= 11 is 3.29. The van der Waals surface area contributed by atoms with E-state index in [1.807, 2.05) is 0 Å². The molecule has 2 N–H and O–H groups in total. The van der Waals surface area contributed by atoms with E-state index in [0.717, 1.165) is 0 Å². The van der Waals surface area contributed by atoms with Crippen LogP contribution in [0.5, 0.6) is 5.75 Å². The van der Waals surface area contributed by atoms with Crippen LogP contribution in [0.15, 0.2) is 53.0 Å². The van der Waals surface area contributed by atoms with E-state index in [1.54, 1.807) is 36.4 Å². The number of anilines is 2. The number of alkyl halides is 2. The predicted molar refractivity (Wildman–Crippen MR) is 99.2 cm³/mol. The van der Waals surface area contributed by atoms with Gasteiger partial charge in [0, 0.05) is 23.0 Å². The van der Waals surface area contributed by atoms with E-state index in [0.29, 0.717) is 21.4 Å².